The lowest BCUT2D eigenvalue weighted by Gasteiger charge is -2.25. The number of benzene rings is 2. The number of aliphatic hydroxyl groups is 1. The predicted molar refractivity (Wildman–Crippen MR) is 146 cm³/mol. The van der Waals surface area contributed by atoms with Gasteiger partial charge in [0, 0.05) is 47.9 Å². The van der Waals surface area contributed by atoms with Crippen LogP contribution < -0.4 is 16.2 Å². The number of aliphatic hydroxyl groups excluding tert-OH is 1. The van der Waals surface area contributed by atoms with Gasteiger partial charge in [-0.15, -0.1) is 0 Å². The summed E-state index contributed by atoms with van der Waals surface area (Å²) < 4.78 is 1.48. The van der Waals surface area contributed by atoms with Crippen molar-refractivity contribution >= 4 is 34.6 Å². The van der Waals surface area contributed by atoms with Gasteiger partial charge in [-0.05, 0) is 42.0 Å². The minimum Gasteiger partial charge on any atom is -0.508 e. The van der Waals surface area contributed by atoms with Crippen molar-refractivity contribution in [2.45, 2.75) is 25.4 Å². The molecular weight excluding hydrogens is 513 g/mol. The molecule has 4 rings (SSSR count). The summed E-state index contributed by atoms with van der Waals surface area (Å²) in [5.74, 6) is 0.0230. The third kappa shape index (κ3) is 6.75. The van der Waals surface area contributed by atoms with Crippen LogP contribution in [0.15, 0.2) is 90.1 Å². The predicted octanol–water partition coefficient (Wildman–Crippen LogP) is 4.78. The summed E-state index contributed by atoms with van der Waals surface area (Å²) in [6.07, 6.45) is 3.63. The minimum absolute atomic E-state index is 0.0230. The molecular formula is C27H25Cl2N5O3. The molecule has 2 aromatic carbocycles. The van der Waals surface area contributed by atoms with E-state index in [4.69, 9.17) is 28.6 Å². The first-order valence-electron chi connectivity index (χ1n) is 11.4. The molecule has 8 nitrogen and oxygen atoms in total. The first-order chi connectivity index (χ1) is 17.8. The number of nitrogens with one attached hydrogen (secondary N) is 3. The Morgan fingerprint density at radius 3 is 2.59 bits per heavy atom. The van der Waals surface area contributed by atoms with Crippen LogP contribution >= 0.6 is 23.2 Å². The van der Waals surface area contributed by atoms with Crippen molar-refractivity contribution in [1.29, 1.82) is 5.41 Å². The Balaban J connectivity index is 1.52. The van der Waals surface area contributed by atoms with Crippen molar-refractivity contribution in [2.24, 2.45) is 0 Å². The Morgan fingerprint density at radius 2 is 1.86 bits per heavy atom. The highest BCUT2D eigenvalue weighted by Gasteiger charge is 2.21. The summed E-state index contributed by atoms with van der Waals surface area (Å²) in [5, 5.41) is 36.3. The molecule has 0 amide bonds. The number of halogens is 2. The van der Waals surface area contributed by atoms with E-state index in [9.17, 15) is 15.0 Å². The molecule has 0 spiro atoms. The normalized spacial score (nSPS) is 12.6. The zero-order chi connectivity index (χ0) is 26.4. The van der Waals surface area contributed by atoms with Crippen molar-refractivity contribution in [2.75, 3.05) is 5.32 Å². The molecule has 0 bridgehead atoms. The number of hydrogen-bond acceptors (Lipinski definition) is 7. The Morgan fingerprint density at radius 1 is 1.05 bits per heavy atom. The smallest absolute Gasteiger partial charge is 0.274 e. The van der Waals surface area contributed by atoms with Gasteiger partial charge in [0.15, 0.2) is 6.35 Å². The summed E-state index contributed by atoms with van der Waals surface area (Å²) in [7, 11) is 0. The molecule has 4 aromatic rings. The van der Waals surface area contributed by atoms with Gasteiger partial charge in [0.05, 0.1) is 16.6 Å². The summed E-state index contributed by atoms with van der Waals surface area (Å²) in [5.41, 5.74) is 2.01. The monoisotopic (exact) mass is 537 g/mol. The summed E-state index contributed by atoms with van der Waals surface area (Å²) in [4.78, 5) is 17.1. The molecule has 0 saturated carbocycles. The molecule has 190 valence electrons. The van der Waals surface area contributed by atoms with E-state index in [1.54, 1.807) is 79.3 Å². The molecule has 0 aliphatic heterocycles. The maximum atomic E-state index is 13.1. The molecule has 0 aliphatic carbocycles. The van der Waals surface area contributed by atoms with E-state index in [0.717, 1.165) is 5.56 Å². The van der Waals surface area contributed by atoms with Gasteiger partial charge in [-0.3, -0.25) is 15.1 Å². The number of aromatic hydroxyl groups is 1. The van der Waals surface area contributed by atoms with Crippen molar-refractivity contribution in [1.82, 2.24) is 14.9 Å². The molecule has 2 heterocycles. The van der Waals surface area contributed by atoms with Gasteiger partial charge < -0.3 is 25.5 Å². The molecule has 5 N–H and O–H groups in total. The standard InChI is InChI=1S/C27H25Cl2N5O3/c28-20-10-9-17(13-21(20)29)16-34-12-4-7-23(26(34)36)32-27(37)33-24(19-6-1-2-8-25(19)35)14-22(30)18-5-3-11-31-15-18/h1-13,15,24,27,30,32-33,35,37H,14,16H2. The van der Waals surface area contributed by atoms with Crippen molar-refractivity contribution in [3.63, 3.8) is 0 Å². The van der Waals surface area contributed by atoms with E-state index in [-0.39, 0.29) is 35.7 Å². The van der Waals surface area contributed by atoms with Gasteiger partial charge in [-0.1, -0.05) is 53.5 Å². The molecule has 2 aromatic heterocycles. The minimum atomic E-state index is -1.36. The Kier molecular flexibility index (Phi) is 8.58. The average molecular weight is 538 g/mol. The highest BCUT2D eigenvalue weighted by Crippen LogP contribution is 2.28. The van der Waals surface area contributed by atoms with Crippen molar-refractivity contribution in [3.8, 4) is 5.75 Å². The number of phenolic OH excluding ortho intramolecular Hbond substituents is 1. The largest absolute Gasteiger partial charge is 0.508 e. The van der Waals surface area contributed by atoms with Crippen LogP contribution in [-0.2, 0) is 6.54 Å². The maximum absolute atomic E-state index is 13.1. The number of anilines is 1. The molecule has 2 unspecified atom stereocenters. The zero-order valence-electron chi connectivity index (χ0n) is 19.6. The summed E-state index contributed by atoms with van der Waals surface area (Å²) in [6, 6.07) is 18.0. The lowest BCUT2D eigenvalue weighted by atomic mass is 9.97. The fourth-order valence-corrected chi connectivity index (χ4v) is 4.21. The lowest BCUT2D eigenvalue weighted by Crippen LogP contribution is -2.41. The van der Waals surface area contributed by atoms with Crippen LogP contribution in [-0.4, -0.2) is 31.8 Å². The highest BCUT2D eigenvalue weighted by molar-refractivity contribution is 6.42. The Hall–Kier alpha value is -3.69. The van der Waals surface area contributed by atoms with Crippen LogP contribution in [0.25, 0.3) is 0 Å². The highest BCUT2D eigenvalue weighted by atomic mass is 35.5. The zero-order valence-corrected chi connectivity index (χ0v) is 21.1. The van der Waals surface area contributed by atoms with E-state index >= 15 is 0 Å². The molecule has 0 fully saturated rings. The molecule has 37 heavy (non-hydrogen) atoms. The number of pyridine rings is 2. The summed E-state index contributed by atoms with van der Waals surface area (Å²) >= 11 is 12.1. The first-order valence-corrected chi connectivity index (χ1v) is 12.2. The number of rotatable bonds is 10. The second-order valence-corrected chi connectivity index (χ2v) is 9.17. The van der Waals surface area contributed by atoms with Gasteiger partial charge in [0.25, 0.3) is 5.56 Å². The number of phenols is 1. The number of nitrogens with zero attached hydrogens (tertiary/aromatic N) is 2. The van der Waals surface area contributed by atoms with Crippen LogP contribution in [0.1, 0.15) is 29.2 Å². The van der Waals surface area contributed by atoms with Crippen LogP contribution in [0.3, 0.4) is 0 Å². The van der Waals surface area contributed by atoms with Gasteiger partial charge in [-0.2, -0.15) is 0 Å². The molecule has 0 aliphatic rings. The second kappa shape index (κ2) is 12.0. The van der Waals surface area contributed by atoms with Gasteiger partial charge in [-0.25, -0.2) is 0 Å². The van der Waals surface area contributed by atoms with Crippen LogP contribution in [0.5, 0.6) is 5.75 Å². The summed E-state index contributed by atoms with van der Waals surface area (Å²) in [6.45, 7) is 0.261. The molecule has 0 radical (unpaired) electrons. The number of para-hydroxylation sites is 1. The van der Waals surface area contributed by atoms with Gasteiger partial charge in [0.2, 0.25) is 0 Å². The van der Waals surface area contributed by atoms with Crippen molar-refractivity contribution < 1.29 is 10.2 Å². The Labute approximate surface area is 223 Å². The van der Waals surface area contributed by atoms with Crippen LogP contribution in [0.2, 0.25) is 10.0 Å². The van der Waals surface area contributed by atoms with E-state index in [0.29, 0.717) is 21.2 Å². The van der Waals surface area contributed by atoms with Gasteiger partial charge in [0.1, 0.15) is 11.4 Å². The third-order valence-electron chi connectivity index (χ3n) is 5.74. The fraction of sp³-hybridized carbons (Fsp3) is 0.148. The maximum Gasteiger partial charge on any atom is 0.274 e. The van der Waals surface area contributed by atoms with E-state index in [2.05, 4.69) is 15.6 Å². The number of hydrogen-bond donors (Lipinski definition) is 5. The van der Waals surface area contributed by atoms with E-state index in [1.807, 2.05) is 0 Å². The lowest BCUT2D eigenvalue weighted by molar-refractivity contribution is 0.149. The topological polar surface area (TPSA) is 123 Å². The van der Waals surface area contributed by atoms with Crippen LogP contribution in [0.4, 0.5) is 5.69 Å². The number of aromatic nitrogens is 2. The molecule has 0 saturated heterocycles. The Bertz CT molecular complexity index is 1450. The van der Waals surface area contributed by atoms with E-state index < -0.39 is 12.4 Å². The van der Waals surface area contributed by atoms with E-state index in [1.165, 1.54) is 10.6 Å². The fourth-order valence-electron chi connectivity index (χ4n) is 3.89. The SMILES string of the molecule is N=C(CC(NC(O)Nc1cccn(Cc2ccc(Cl)c(Cl)c2)c1=O)c1ccccc1O)c1cccnc1. The van der Waals surface area contributed by atoms with Crippen LogP contribution in [0, 0.1) is 5.41 Å². The average Bonchev–Trinajstić information content (AvgIpc) is 2.89. The molecule has 10 heteroatoms. The second-order valence-electron chi connectivity index (χ2n) is 8.35. The first kappa shape index (κ1) is 26.4. The van der Waals surface area contributed by atoms with Crippen molar-refractivity contribution in [3.05, 3.63) is 122 Å². The third-order valence-corrected chi connectivity index (χ3v) is 6.48. The van der Waals surface area contributed by atoms with Gasteiger partial charge >= 0.3 is 0 Å². The molecule has 2 atom stereocenters. The quantitative estimate of drug-likeness (QED) is 0.146.